The van der Waals surface area contributed by atoms with E-state index >= 15 is 0 Å². The number of pyridine rings is 2. The van der Waals surface area contributed by atoms with Crippen LogP contribution >= 0.6 is 0 Å². The Labute approximate surface area is 133 Å². The monoisotopic (exact) mass is 291 g/mol. The maximum atomic E-state index is 7.56. The third kappa shape index (κ3) is 1.82. The fourth-order valence-corrected chi connectivity index (χ4v) is 3.03. The molecule has 0 aliphatic carbocycles. The largest absolute Gasteiger partial charge is 0.300 e. The standard InChI is InChI=1S/C19H18N3/c1-13-7-9-16(21(3)12-13)15-8-10-17-19(14(15)2)20-18-6-4-5-11-22(17)18/h4-12H,1-3H3/q+1/i1D3. The summed E-state index contributed by atoms with van der Waals surface area (Å²) in [4.78, 5) is 4.75. The minimum atomic E-state index is -2.10. The number of benzene rings is 1. The Kier molecular flexibility index (Phi) is 2.15. The van der Waals surface area contributed by atoms with E-state index in [1.807, 2.05) is 42.1 Å². The Morgan fingerprint density at radius 2 is 2.05 bits per heavy atom. The number of nitrogens with zero attached hydrogens (tertiary/aromatic N) is 3. The van der Waals surface area contributed by atoms with Gasteiger partial charge in [0.05, 0.1) is 16.6 Å². The maximum absolute atomic E-state index is 7.56. The van der Waals surface area contributed by atoms with Gasteiger partial charge in [-0.2, -0.15) is 0 Å². The van der Waals surface area contributed by atoms with Crippen LogP contribution in [0.4, 0.5) is 0 Å². The summed E-state index contributed by atoms with van der Waals surface area (Å²) in [6, 6.07) is 13.6. The van der Waals surface area contributed by atoms with E-state index in [2.05, 4.69) is 23.5 Å². The van der Waals surface area contributed by atoms with Gasteiger partial charge in [-0.25, -0.2) is 9.55 Å². The van der Waals surface area contributed by atoms with Crippen molar-refractivity contribution in [2.75, 3.05) is 0 Å². The molecule has 0 amide bonds. The van der Waals surface area contributed by atoms with E-state index in [1.165, 1.54) is 0 Å². The van der Waals surface area contributed by atoms with Gasteiger partial charge in [-0.3, -0.25) is 4.40 Å². The molecule has 0 N–H and O–H groups in total. The van der Waals surface area contributed by atoms with E-state index in [9.17, 15) is 0 Å². The third-order valence-electron chi connectivity index (χ3n) is 4.14. The van der Waals surface area contributed by atoms with E-state index < -0.39 is 6.85 Å². The molecule has 0 unspecified atom stereocenters. The molecule has 4 aromatic rings. The summed E-state index contributed by atoms with van der Waals surface area (Å²) >= 11 is 0. The van der Waals surface area contributed by atoms with Gasteiger partial charge in [-0.15, -0.1) is 0 Å². The lowest BCUT2D eigenvalue weighted by Crippen LogP contribution is -2.31. The average molecular weight is 291 g/mol. The molecule has 0 saturated carbocycles. The van der Waals surface area contributed by atoms with Gasteiger partial charge in [0.15, 0.2) is 6.20 Å². The lowest BCUT2D eigenvalue weighted by atomic mass is 10.0. The van der Waals surface area contributed by atoms with Crippen molar-refractivity contribution in [2.24, 2.45) is 7.05 Å². The van der Waals surface area contributed by atoms with E-state index in [1.54, 1.807) is 12.3 Å². The van der Waals surface area contributed by atoms with Crippen molar-refractivity contribution in [3.8, 4) is 11.3 Å². The number of imidazole rings is 1. The number of aromatic nitrogens is 3. The van der Waals surface area contributed by atoms with Crippen LogP contribution in [0.3, 0.4) is 0 Å². The van der Waals surface area contributed by atoms with Gasteiger partial charge in [0, 0.05) is 21.9 Å². The van der Waals surface area contributed by atoms with Gasteiger partial charge in [-0.05, 0) is 49.7 Å². The summed E-state index contributed by atoms with van der Waals surface area (Å²) in [5.74, 6) is 0. The topological polar surface area (TPSA) is 21.2 Å². The molecule has 0 aliphatic rings. The van der Waals surface area contributed by atoms with Crippen molar-refractivity contribution in [2.45, 2.75) is 13.8 Å². The zero-order valence-corrected chi connectivity index (χ0v) is 12.5. The fourth-order valence-electron chi connectivity index (χ4n) is 3.03. The summed E-state index contributed by atoms with van der Waals surface area (Å²) in [7, 11) is 1.87. The van der Waals surface area contributed by atoms with Gasteiger partial charge in [0.25, 0.3) is 0 Å². The van der Waals surface area contributed by atoms with Crippen LogP contribution in [0, 0.1) is 13.8 Å². The van der Waals surface area contributed by atoms with E-state index in [-0.39, 0.29) is 0 Å². The summed E-state index contributed by atoms with van der Waals surface area (Å²) in [5, 5.41) is 0. The molecule has 3 heteroatoms. The van der Waals surface area contributed by atoms with Crippen molar-refractivity contribution in [3.63, 3.8) is 0 Å². The molecule has 3 aromatic heterocycles. The second-order valence-corrected chi connectivity index (χ2v) is 5.56. The highest BCUT2D eigenvalue weighted by Gasteiger charge is 2.16. The smallest absolute Gasteiger partial charge is 0.212 e. The Morgan fingerprint density at radius 1 is 1.14 bits per heavy atom. The lowest BCUT2D eigenvalue weighted by Gasteiger charge is -2.06. The Bertz CT molecular complexity index is 1110. The van der Waals surface area contributed by atoms with Gasteiger partial charge in [0.2, 0.25) is 5.69 Å². The fraction of sp³-hybridized carbons (Fsp3) is 0.158. The average Bonchev–Trinajstić information content (AvgIpc) is 2.95. The van der Waals surface area contributed by atoms with Crippen LogP contribution in [0.1, 0.15) is 15.2 Å². The lowest BCUT2D eigenvalue weighted by molar-refractivity contribution is -0.660. The van der Waals surface area contributed by atoms with Gasteiger partial charge >= 0.3 is 0 Å². The van der Waals surface area contributed by atoms with Crippen molar-refractivity contribution >= 4 is 16.7 Å². The zero-order valence-electron chi connectivity index (χ0n) is 15.5. The van der Waals surface area contributed by atoms with Crippen LogP contribution in [-0.4, -0.2) is 9.38 Å². The Morgan fingerprint density at radius 3 is 2.86 bits per heavy atom. The van der Waals surface area contributed by atoms with Crippen LogP contribution in [0.2, 0.25) is 0 Å². The highest BCUT2D eigenvalue weighted by atomic mass is 15.0. The predicted octanol–water partition coefficient (Wildman–Crippen LogP) is 3.60. The van der Waals surface area contributed by atoms with Crippen molar-refractivity contribution in [1.29, 1.82) is 0 Å². The summed E-state index contributed by atoms with van der Waals surface area (Å²) in [6.45, 7) is -0.0430. The normalized spacial score (nSPS) is 14.0. The molecule has 0 aliphatic heterocycles. The molecule has 0 bridgehead atoms. The van der Waals surface area contributed by atoms with E-state index in [0.717, 1.165) is 33.5 Å². The molecule has 0 saturated heterocycles. The third-order valence-corrected chi connectivity index (χ3v) is 4.14. The molecule has 3 nitrogen and oxygen atoms in total. The van der Waals surface area contributed by atoms with Crippen LogP contribution < -0.4 is 4.57 Å². The Balaban J connectivity index is 1.93. The number of aryl methyl sites for hydroxylation is 3. The van der Waals surface area contributed by atoms with Crippen LogP contribution in [-0.2, 0) is 7.05 Å². The van der Waals surface area contributed by atoms with Crippen LogP contribution in [0.5, 0.6) is 0 Å². The molecule has 22 heavy (non-hydrogen) atoms. The second-order valence-electron chi connectivity index (χ2n) is 5.56. The Hall–Kier alpha value is -2.68. The van der Waals surface area contributed by atoms with Crippen molar-refractivity contribution in [3.05, 3.63) is 66.0 Å². The number of fused-ring (bicyclic) bond motifs is 3. The SMILES string of the molecule is [2H]C([2H])([2H])c1ccc(-c2ccc3c(nc4ccccn43)c2C)[n+](C)c1. The molecule has 0 fully saturated rings. The first-order valence-corrected chi connectivity index (χ1v) is 7.23. The second kappa shape index (κ2) is 4.67. The van der Waals surface area contributed by atoms with Gasteiger partial charge in [-0.1, -0.05) is 6.07 Å². The highest BCUT2D eigenvalue weighted by Crippen LogP contribution is 2.28. The predicted molar refractivity (Wildman–Crippen MR) is 88.8 cm³/mol. The molecule has 3 heterocycles. The minimum absolute atomic E-state index is 0.338. The first-order chi connectivity index (χ1) is 11.9. The first kappa shape index (κ1) is 10.1. The molecule has 108 valence electrons. The summed E-state index contributed by atoms with van der Waals surface area (Å²) in [6.07, 6.45) is 3.69. The van der Waals surface area contributed by atoms with Gasteiger partial charge in [0.1, 0.15) is 12.7 Å². The molecule has 0 atom stereocenters. The highest BCUT2D eigenvalue weighted by molar-refractivity contribution is 5.88. The van der Waals surface area contributed by atoms with Gasteiger partial charge < -0.3 is 0 Å². The number of hydrogen-bond donors (Lipinski definition) is 0. The maximum Gasteiger partial charge on any atom is 0.212 e. The summed E-state index contributed by atoms with van der Waals surface area (Å²) < 4.78 is 26.6. The molecular weight excluding hydrogens is 270 g/mol. The minimum Gasteiger partial charge on any atom is -0.300 e. The van der Waals surface area contributed by atoms with Crippen LogP contribution in [0.25, 0.3) is 27.9 Å². The van der Waals surface area contributed by atoms with E-state index in [4.69, 9.17) is 9.10 Å². The van der Waals surface area contributed by atoms with Crippen LogP contribution in [0.15, 0.2) is 54.9 Å². The zero-order chi connectivity index (χ0) is 17.8. The van der Waals surface area contributed by atoms with E-state index in [0.29, 0.717) is 5.56 Å². The molecular formula is C19H18N3+. The number of rotatable bonds is 1. The molecule has 0 spiro atoms. The van der Waals surface area contributed by atoms with Crippen molar-refractivity contribution in [1.82, 2.24) is 9.38 Å². The first-order valence-electron chi connectivity index (χ1n) is 8.73. The molecule has 1 aromatic carbocycles. The summed E-state index contributed by atoms with van der Waals surface area (Å²) in [5.41, 5.74) is 6.38. The molecule has 0 radical (unpaired) electrons. The molecule has 4 rings (SSSR count). The van der Waals surface area contributed by atoms with Crippen molar-refractivity contribution < 1.29 is 8.68 Å². The number of hydrogen-bond acceptors (Lipinski definition) is 1. The quantitative estimate of drug-likeness (QED) is 0.491.